The number of aryl methyl sites for hydroxylation is 1. The highest BCUT2D eigenvalue weighted by atomic mass is 16.3. The van der Waals surface area contributed by atoms with Gasteiger partial charge in [-0.15, -0.1) is 0 Å². The molecule has 1 aromatic carbocycles. The minimum absolute atomic E-state index is 0.0545. The molecule has 0 aliphatic heterocycles. The smallest absolute Gasteiger partial charge is 0.291 e. The zero-order valence-corrected chi connectivity index (χ0v) is 15.9. The lowest BCUT2D eigenvalue weighted by molar-refractivity contribution is -0.117. The molecular formula is C20H17N7O3. The number of benzene rings is 1. The Labute approximate surface area is 170 Å². The lowest BCUT2D eigenvalue weighted by atomic mass is 10.2. The monoisotopic (exact) mass is 403 g/mol. The number of aromatic nitrogens is 5. The number of furan rings is 1. The second kappa shape index (κ2) is 8.27. The van der Waals surface area contributed by atoms with Crippen LogP contribution < -0.4 is 10.9 Å². The van der Waals surface area contributed by atoms with Crippen LogP contribution in [-0.4, -0.2) is 37.0 Å². The van der Waals surface area contributed by atoms with Crippen molar-refractivity contribution in [1.29, 1.82) is 0 Å². The Hall–Kier alpha value is -4.47. The van der Waals surface area contributed by atoms with Crippen LogP contribution in [0.1, 0.15) is 21.8 Å². The van der Waals surface area contributed by atoms with Gasteiger partial charge in [0, 0.05) is 17.8 Å². The van der Waals surface area contributed by atoms with Crippen LogP contribution in [0.15, 0.2) is 65.4 Å². The summed E-state index contributed by atoms with van der Waals surface area (Å²) in [5, 5.41) is 14.1. The molecule has 0 atom stereocenters. The molecule has 4 aromatic rings. The number of rotatable bonds is 5. The Morgan fingerprint density at radius 3 is 2.67 bits per heavy atom. The first-order valence-electron chi connectivity index (χ1n) is 8.96. The maximum Gasteiger partial charge on any atom is 0.291 e. The topological polar surface area (TPSA) is 131 Å². The highest BCUT2D eigenvalue weighted by Gasteiger charge is 2.14. The van der Waals surface area contributed by atoms with Crippen molar-refractivity contribution in [2.45, 2.75) is 6.92 Å². The van der Waals surface area contributed by atoms with Gasteiger partial charge < -0.3 is 4.42 Å². The van der Waals surface area contributed by atoms with E-state index in [1.165, 1.54) is 12.3 Å². The molecule has 0 saturated carbocycles. The van der Waals surface area contributed by atoms with Crippen molar-refractivity contribution >= 4 is 17.9 Å². The SMILES string of the molecule is Cc1ccc(-c2nn(-c3ccccc3)cc2C=CC(=O)NNC(=O)c2cn[nH]n2)o1. The van der Waals surface area contributed by atoms with E-state index >= 15 is 0 Å². The molecule has 0 bridgehead atoms. The maximum absolute atomic E-state index is 12.1. The third kappa shape index (κ3) is 4.17. The summed E-state index contributed by atoms with van der Waals surface area (Å²) in [7, 11) is 0. The predicted octanol–water partition coefficient (Wildman–Crippen LogP) is 2.03. The Balaban J connectivity index is 1.54. The highest BCUT2D eigenvalue weighted by Crippen LogP contribution is 2.26. The number of H-pyrrole nitrogens is 1. The van der Waals surface area contributed by atoms with E-state index < -0.39 is 11.8 Å². The molecule has 3 heterocycles. The number of aromatic amines is 1. The molecule has 3 N–H and O–H groups in total. The Morgan fingerprint density at radius 2 is 1.97 bits per heavy atom. The van der Waals surface area contributed by atoms with Gasteiger partial charge in [0.25, 0.3) is 11.8 Å². The molecule has 150 valence electrons. The molecule has 10 nitrogen and oxygen atoms in total. The molecule has 0 radical (unpaired) electrons. The molecule has 30 heavy (non-hydrogen) atoms. The van der Waals surface area contributed by atoms with Gasteiger partial charge in [0.15, 0.2) is 11.5 Å². The first-order valence-corrected chi connectivity index (χ1v) is 8.96. The van der Waals surface area contributed by atoms with E-state index in [1.54, 1.807) is 17.0 Å². The van der Waals surface area contributed by atoms with Crippen LogP contribution in [-0.2, 0) is 4.79 Å². The van der Waals surface area contributed by atoms with E-state index in [2.05, 4.69) is 31.4 Å². The summed E-state index contributed by atoms with van der Waals surface area (Å²) in [6.45, 7) is 1.85. The lowest BCUT2D eigenvalue weighted by Crippen LogP contribution is -2.40. The first-order chi connectivity index (χ1) is 14.6. The molecular weight excluding hydrogens is 386 g/mol. The van der Waals surface area contributed by atoms with Gasteiger partial charge >= 0.3 is 0 Å². The molecule has 4 rings (SSSR count). The Morgan fingerprint density at radius 1 is 1.13 bits per heavy atom. The van der Waals surface area contributed by atoms with E-state index in [0.29, 0.717) is 17.0 Å². The van der Waals surface area contributed by atoms with Gasteiger partial charge in [-0.1, -0.05) is 18.2 Å². The second-order valence-corrected chi connectivity index (χ2v) is 6.26. The second-order valence-electron chi connectivity index (χ2n) is 6.26. The van der Waals surface area contributed by atoms with E-state index in [1.807, 2.05) is 49.4 Å². The fourth-order valence-electron chi connectivity index (χ4n) is 2.68. The van der Waals surface area contributed by atoms with Gasteiger partial charge in [-0.3, -0.25) is 20.4 Å². The molecule has 0 fully saturated rings. The standard InChI is InChI=1S/C20H17N7O3/c1-13-7-9-17(30-13)19-14(12-27(25-19)15-5-3-2-4-6-15)8-10-18(28)23-24-20(29)16-11-21-26-22-16/h2-12H,1H3,(H,23,28)(H,24,29)(H,21,22,26). The normalized spacial score (nSPS) is 11.0. The number of amides is 2. The molecule has 0 saturated heterocycles. The van der Waals surface area contributed by atoms with Gasteiger partial charge in [0.1, 0.15) is 11.5 Å². The Kier molecular flexibility index (Phi) is 5.20. The van der Waals surface area contributed by atoms with Crippen molar-refractivity contribution in [3.63, 3.8) is 0 Å². The number of hydrazine groups is 1. The average molecular weight is 403 g/mol. The summed E-state index contributed by atoms with van der Waals surface area (Å²) in [6.07, 6.45) is 5.92. The predicted molar refractivity (Wildman–Crippen MR) is 107 cm³/mol. The minimum atomic E-state index is -0.589. The quantitative estimate of drug-likeness (QED) is 0.345. The van der Waals surface area contributed by atoms with Crippen LogP contribution in [0.25, 0.3) is 23.2 Å². The molecule has 3 aromatic heterocycles. The number of nitrogens with one attached hydrogen (secondary N) is 3. The third-order valence-corrected chi connectivity index (χ3v) is 4.10. The molecule has 10 heteroatoms. The third-order valence-electron chi connectivity index (χ3n) is 4.10. The summed E-state index contributed by atoms with van der Waals surface area (Å²) in [6, 6.07) is 13.2. The van der Waals surface area contributed by atoms with Crippen molar-refractivity contribution in [3.05, 3.63) is 78.0 Å². The van der Waals surface area contributed by atoms with E-state index in [-0.39, 0.29) is 5.69 Å². The van der Waals surface area contributed by atoms with Gasteiger partial charge in [-0.05, 0) is 37.3 Å². The molecule has 0 unspecified atom stereocenters. The highest BCUT2D eigenvalue weighted by molar-refractivity contribution is 5.97. The van der Waals surface area contributed by atoms with Crippen LogP contribution in [0.4, 0.5) is 0 Å². The fourth-order valence-corrected chi connectivity index (χ4v) is 2.68. The van der Waals surface area contributed by atoms with E-state index in [0.717, 1.165) is 11.4 Å². The largest absolute Gasteiger partial charge is 0.460 e. The molecule has 2 amide bonds. The summed E-state index contributed by atoms with van der Waals surface area (Å²) in [4.78, 5) is 23.9. The van der Waals surface area contributed by atoms with Gasteiger partial charge in [-0.2, -0.15) is 20.5 Å². The minimum Gasteiger partial charge on any atom is -0.460 e. The number of para-hydroxylation sites is 1. The van der Waals surface area contributed by atoms with Crippen molar-refractivity contribution < 1.29 is 14.0 Å². The summed E-state index contributed by atoms with van der Waals surface area (Å²) < 4.78 is 7.41. The van der Waals surface area contributed by atoms with E-state index in [9.17, 15) is 9.59 Å². The van der Waals surface area contributed by atoms with Crippen molar-refractivity contribution in [2.75, 3.05) is 0 Å². The number of nitrogens with zero attached hydrogens (tertiary/aromatic N) is 4. The zero-order chi connectivity index (χ0) is 20.9. The molecule has 0 spiro atoms. The van der Waals surface area contributed by atoms with Crippen molar-refractivity contribution in [3.8, 4) is 17.1 Å². The lowest BCUT2D eigenvalue weighted by Gasteiger charge is -2.02. The number of hydrogen-bond acceptors (Lipinski definition) is 6. The summed E-state index contributed by atoms with van der Waals surface area (Å²) >= 11 is 0. The van der Waals surface area contributed by atoms with Gasteiger partial charge in [0.2, 0.25) is 0 Å². The number of carbonyl (C=O) groups excluding carboxylic acids is 2. The number of carbonyl (C=O) groups is 2. The maximum atomic E-state index is 12.1. The van der Waals surface area contributed by atoms with E-state index in [4.69, 9.17) is 4.42 Å². The zero-order valence-electron chi connectivity index (χ0n) is 15.9. The van der Waals surface area contributed by atoms with Gasteiger partial charge in [0.05, 0.1) is 11.9 Å². The summed E-state index contributed by atoms with van der Waals surface area (Å²) in [5.74, 6) is 0.221. The number of hydrogen-bond donors (Lipinski definition) is 3. The van der Waals surface area contributed by atoms with Crippen LogP contribution >= 0.6 is 0 Å². The first kappa shape index (κ1) is 18.9. The molecule has 0 aliphatic rings. The van der Waals surface area contributed by atoms with Crippen LogP contribution in [0.5, 0.6) is 0 Å². The summed E-state index contributed by atoms with van der Waals surface area (Å²) in [5.41, 5.74) is 6.71. The van der Waals surface area contributed by atoms with Gasteiger partial charge in [-0.25, -0.2) is 4.68 Å². The fraction of sp³-hybridized carbons (Fsp3) is 0.0500. The van der Waals surface area contributed by atoms with Crippen molar-refractivity contribution in [1.82, 2.24) is 36.0 Å². The molecule has 0 aliphatic carbocycles. The van der Waals surface area contributed by atoms with Crippen LogP contribution in [0.2, 0.25) is 0 Å². The average Bonchev–Trinajstić information content (AvgIpc) is 3.51. The van der Waals surface area contributed by atoms with Crippen LogP contribution in [0, 0.1) is 6.92 Å². The Bertz CT molecular complexity index is 1190. The van der Waals surface area contributed by atoms with Crippen molar-refractivity contribution in [2.24, 2.45) is 0 Å². The van der Waals surface area contributed by atoms with Crippen LogP contribution in [0.3, 0.4) is 0 Å².